The number of amides is 1. The van der Waals surface area contributed by atoms with E-state index < -0.39 is 4.33 Å². The second kappa shape index (κ2) is 10.3. The van der Waals surface area contributed by atoms with Crippen LogP contribution in [0.5, 0.6) is 5.75 Å². The molecule has 1 unspecified atom stereocenters. The summed E-state index contributed by atoms with van der Waals surface area (Å²) < 4.78 is 9.45. The van der Waals surface area contributed by atoms with Crippen molar-refractivity contribution in [1.82, 2.24) is 29.2 Å². The van der Waals surface area contributed by atoms with Crippen LogP contribution >= 0.6 is 23.2 Å². The SMILES string of the molecule is CC[C@@H]1CCCN(C(=O)c2cc(OC)c3c(c2)nc(-c2cc4cccc(-c5cc[nH]n5)c4n2CC2CC2(Cl)Cl)n3C)C1. The molecule has 218 valence electrons. The number of likely N-dealkylation sites (tertiary alicyclic amines) is 1. The average Bonchev–Trinajstić information content (AvgIpc) is 3.45. The van der Waals surface area contributed by atoms with Crippen LogP contribution in [0.3, 0.4) is 0 Å². The van der Waals surface area contributed by atoms with E-state index in [2.05, 4.69) is 44.5 Å². The lowest BCUT2D eigenvalue weighted by atomic mass is 9.95. The fraction of sp³-hybridized carbons (Fsp3) is 0.406. The molecule has 1 aliphatic heterocycles. The number of hydrogen-bond donors (Lipinski definition) is 1. The summed E-state index contributed by atoms with van der Waals surface area (Å²) in [6.45, 7) is 4.42. The Labute approximate surface area is 254 Å². The van der Waals surface area contributed by atoms with Crippen molar-refractivity contribution in [2.75, 3.05) is 20.2 Å². The highest BCUT2D eigenvalue weighted by Crippen LogP contribution is 2.54. The van der Waals surface area contributed by atoms with E-state index in [1.807, 2.05) is 42.4 Å². The predicted molar refractivity (Wildman–Crippen MR) is 167 cm³/mol. The van der Waals surface area contributed by atoms with Crippen LogP contribution in [0.15, 0.2) is 48.7 Å². The third-order valence-electron chi connectivity index (χ3n) is 9.07. The lowest BCUT2D eigenvalue weighted by molar-refractivity contribution is 0.0671. The van der Waals surface area contributed by atoms with E-state index in [0.29, 0.717) is 23.8 Å². The number of hydrogen-bond acceptors (Lipinski definition) is 4. The second-order valence-electron chi connectivity index (χ2n) is 11.7. The third kappa shape index (κ3) is 4.56. The number of carbonyl (C=O) groups is 1. The van der Waals surface area contributed by atoms with E-state index in [1.54, 1.807) is 7.11 Å². The molecule has 2 aromatic carbocycles. The fourth-order valence-corrected chi connectivity index (χ4v) is 7.10. The van der Waals surface area contributed by atoms with Gasteiger partial charge in [0.25, 0.3) is 5.91 Å². The monoisotopic (exact) mass is 604 g/mol. The molecule has 10 heteroatoms. The minimum Gasteiger partial charge on any atom is -0.494 e. The lowest BCUT2D eigenvalue weighted by Crippen LogP contribution is -2.39. The molecule has 2 atom stereocenters. The number of methoxy groups -OCH3 is 1. The molecule has 0 bridgehead atoms. The number of fused-ring (bicyclic) bond motifs is 2. The maximum absolute atomic E-state index is 13.6. The molecule has 3 aromatic heterocycles. The van der Waals surface area contributed by atoms with Crippen molar-refractivity contribution in [2.45, 2.75) is 43.5 Å². The van der Waals surface area contributed by atoms with Gasteiger partial charge in [0.05, 0.1) is 29.5 Å². The third-order valence-corrected chi connectivity index (χ3v) is 10.00. The summed E-state index contributed by atoms with van der Waals surface area (Å²) in [4.78, 5) is 20.8. The number of imidazole rings is 1. The lowest BCUT2D eigenvalue weighted by Gasteiger charge is -2.32. The Morgan fingerprint density at radius 3 is 2.74 bits per heavy atom. The number of alkyl halides is 2. The van der Waals surface area contributed by atoms with Crippen LogP contribution in [0.1, 0.15) is 43.0 Å². The van der Waals surface area contributed by atoms with Gasteiger partial charge in [0.1, 0.15) is 15.6 Å². The molecule has 0 radical (unpaired) electrons. The number of para-hydroxylation sites is 1. The first-order valence-corrected chi connectivity index (χ1v) is 15.4. The molecule has 1 aliphatic carbocycles. The Bertz CT molecular complexity index is 1800. The van der Waals surface area contributed by atoms with Gasteiger partial charge >= 0.3 is 0 Å². The molecule has 1 saturated heterocycles. The van der Waals surface area contributed by atoms with Crippen LogP contribution in [0.25, 0.3) is 44.7 Å². The molecule has 0 spiro atoms. The summed E-state index contributed by atoms with van der Waals surface area (Å²) in [7, 11) is 3.64. The molecular formula is C32H34Cl2N6O2. The van der Waals surface area contributed by atoms with E-state index in [0.717, 1.165) is 77.1 Å². The van der Waals surface area contributed by atoms with Crippen LogP contribution in [-0.4, -0.2) is 59.7 Å². The maximum atomic E-state index is 13.6. The molecule has 5 aromatic rings. The fourth-order valence-electron chi connectivity index (χ4n) is 6.59. The number of piperidine rings is 1. The number of aryl methyl sites for hydroxylation is 1. The second-order valence-corrected chi connectivity index (χ2v) is 13.3. The number of nitrogens with zero attached hydrogens (tertiary/aromatic N) is 5. The zero-order valence-corrected chi connectivity index (χ0v) is 25.5. The van der Waals surface area contributed by atoms with Crippen LogP contribution in [0.2, 0.25) is 0 Å². The number of halogens is 2. The Morgan fingerprint density at radius 1 is 1.19 bits per heavy atom. The molecule has 42 heavy (non-hydrogen) atoms. The Hall–Kier alpha value is -3.49. The minimum atomic E-state index is -0.731. The van der Waals surface area contributed by atoms with E-state index in [1.165, 1.54) is 6.42 Å². The average molecular weight is 606 g/mol. The van der Waals surface area contributed by atoms with E-state index in [4.69, 9.17) is 32.9 Å². The summed E-state index contributed by atoms with van der Waals surface area (Å²) in [5.74, 6) is 2.11. The number of carbonyl (C=O) groups excluding carboxylic acids is 1. The van der Waals surface area contributed by atoms with E-state index >= 15 is 0 Å². The largest absolute Gasteiger partial charge is 0.494 e. The quantitative estimate of drug-likeness (QED) is 0.202. The Kier molecular flexibility index (Phi) is 6.74. The Balaban J connectivity index is 1.37. The highest BCUT2D eigenvalue weighted by Gasteiger charge is 2.52. The molecule has 2 aliphatic rings. The first-order chi connectivity index (χ1) is 20.3. The summed E-state index contributed by atoms with van der Waals surface area (Å²) in [6, 6.07) is 14.1. The summed E-state index contributed by atoms with van der Waals surface area (Å²) in [5.41, 5.74) is 6.05. The summed E-state index contributed by atoms with van der Waals surface area (Å²) in [6.07, 6.45) is 5.86. The van der Waals surface area contributed by atoms with Gasteiger partial charge in [-0.2, -0.15) is 5.10 Å². The van der Waals surface area contributed by atoms with Crippen molar-refractivity contribution in [3.8, 4) is 28.5 Å². The van der Waals surface area contributed by atoms with E-state index in [9.17, 15) is 4.79 Å². The van der Waals surface area contributed by atoms with Crippen molar-refractivity contribution < 1.29 is 9.53 Å². The molecule has 1 N–H and O–H groups in total. The zero-order chi connectivity index (χ0) is 29.2. The van der Waals surface area contributed by atoms with Gasteiger partial charge in [-0.15, -0.1) is 23.2 Å². The van der Waals surface area contributed by atoms with Crippen molar-refractivity contribution in [3.63, 3.8) is 0 Å². The number of ether oxygens (including phenoxy) is 1. The first-order valence-electron chi connectivity index (χ1n) is 14.6. The number of benzene rings is 2. The zero-order valence-electron chi connectivity index (χ0n) is 24.0. The molecule has 1 amide bonds. The summed E-state index contributed by atoms with van der Waals surface area (Å²) >= 11 is 13.1. The smallest absolute Gasteiger partial charge is 0.254 e. The van der Waals surface area contributed by atoms with Crippen molar-refractivity contribution in [2.24, 2.45) is 18.9 Å². The van der Waals surface area contributed by atoms with Crippen LogP contribution in [-0.2, 0) is 13.6 Å². The van der Waals surface area contributed by atoms with Gasteiger partial charge in [0.2, 0.25) is 0 Å². The number of nitrogens with one attached hydrogen (secondary N) is 1. The molecule has 8 nitrogen and oxygen atoms in total. The minimum absolute atomic E-state index is 0.0348. The van der Waals surface area contributed by atoms with Gasteiger partial charge in [0, 0.05) is 55.3 Å². The molecule has 1 saturated carbocycles. The van der Waals surface area contributed by atoms with Gasteiger partial charge in [0.15, 0.2) is 5.82 Å². The molecular weight excluding hydrogens is 571 g/mol. The van der Waals surface area contributed by atoms with Crippen LogP contribution in [0.4, 0.5) is 0 Å². The van der Waals surface area contributed by atoms with Crippen LogP contribution < -0.4 is 4.74 Å². The van der Waals surface area contributed by atoms with Crippen molar-refractivity contribution in [1.29, 1.82) is 0 Å². The Morgan fingerprint density at radius 2 is 2.02 bits per heavy atom. The molecule has 7 rings (SSSR count). The van der Waals surface area contributed by atoms with Gasteiger partial charge < -0.3 is 18.8 Å². The normalized spacial score (nSPS) is 20.0. The van der Waals surface area contributed by atoms with Crippen molar-refractivity contribution in [3.05, 3.63) is 54.2 Å². The van der Waals surface area contributed by atoms with Gasteiger partial charge in [-0.05, 0) is 49.4 Å². The molecule has 4 heterocycles. The summed E-state index contributed by atoms with van der Waals surface area (Å²) in [5, 5.41) is 8.48. The van der Waals surface area contributed by atoms with E-state index in [-0.39, 0.29) is 11.8 Å². The maximum Gasteiger partial charge on any atom is 0.254 e. The molecule has 2 fully saturated rings. The number of H-pyrrole nitrogens is 1. The first kappa shape index (κ1) is 27.3. The van der Waals surface area contributed by atoms with Gasteiger partial charge in [-0.25, -0.2) is 4.98 Å². The van der Waals surface area contributed by atoms with Crippen LogP contribution in [0, 0.1) is 11.8 Å². The van der Waals surface area contributed by atoms with Gasteiger partial charge in [-0.3, -0.25) is 9.89 Å². The highest BCUT2D eigenvalue weighted by atomic mass is 35.5. The topological polar surface area (TPSA) is 81.0 Å². The van der Waals surface area contributed by atoms with Crippen molar-refractivity contribution >= 4 is 51.0 Å². The number of rotatable bonds is 7. The number of aromatic nitrogens is 5. The predicted octanol–water partition coefficient (Wildman–Crippen LogP) is 7.05. The standard InChI is InChI=1S/C32H34Cl2N6O2/c1-4-19-7-6-12-39(17-19)31(41)21-13-25-29(27(15-21)42-3)38(2)30(36-25)26-14-20-8-5-9-23(24-10-11-35-37-24)28(20)40(26)18-22-16-32(22,33)34/h5,8-11,13-15,19,22H,4,6-7,12,16-18H2,1-3H3,(H,35,37)/t19-,22?/m1/s1. The highest BCUT2D eigenvalue weighted by molar-refractivity contribution is 6.50. The van der Waals surface area contributed by atoms with Gasteiger partial charge in [-0.1, -0.05) is 31.5 Å². The number of aromatic amines is 1.